The summed E-state index contributed by atoms with van der Waals surface area (Å²) < 4.78 is 0. The lowest BCUT2D eigenvalue weighted by Gasteiger charge is -1.95. The minimum Gasteiger partial charge on any atom is -0.289 e. The number of hydrogen-bond donors (Lipinski definition) is 0. The molecule has 0 unspecified atom stereocenters. The number of nitro groups is 1. The Bertz CT molecular complexity index is 445. The molecule has 1 aromatic rings. The van der Waals surface area contributed by atoms with Crippen LogP contribution in [0.5, 0.6) is 0 Å². The highest BCUT2D eigenvalue weighted by Gasteiger charge is 2.11. The van der Waals surface area contributed by atoms with E-state index < -0.39 is 4.92 Å². The monoisotopic (exact) mass is 209 g/mol. The normalized spacial score (nSPS) is 8.64. The molecule has 14 heavy (non-hydrogen) atoms. The summed E-state index contributed by atoms with van der Waals surface area (Å²) in [6, 6.07) is 3.99. The average Bonchev–Trinajstić information content (AvgIpc) is 2.14. The molecule has 0 amide bonds. The number of carbonyl (C=O) groups excluding carboxylic acids is 1. The van der Waals surface area contributed by atoms with Crippen LogP contribution in [-0.4, -0.2) is 11.2 Å². The fourth-order valence-corrected chi connectivity index (χ4v) is 1.05. The summed E-state index contributed by atoms with van der Waals surface area (Å²) in [5, 5.41) is 10.8. The lowest BCUT2D eigenvalue weighted by molar-refractivity contribution is -0.385. The summed E-state index contributed by atoms with van der Waals surface area (Å²) >= 11 is 5.62. The van der Waals surface area contributed by atoms with Gasteiger partial charge in [-0.15, -0.1) is 0 Å². The number of carbonyl (C=O) groups is 1. The Labute approximate surface area is 84.6 Å². The van der Waals surface area contributed by atoms with Crippen LogP contribution in [0.2, 0.25) is 5.02 Å². The second kappa shape index (κ2) is 4.40. The lowest BCUT2D eigenvalue weighted by Crippen LogP contribution is -1.91. The summed E-state index contributed by atoms with van der Waals surface area (Å²) in [7, 11) is 0. The number of nitro benzene ring substituents is 1. The fourth-order valence-electron chi connectivity index (χ4n) is 0.875. The molecule has 0 bridgehead atoms. The molecule has 0 aliphatic rings. The molecule has 5 heteroatoms. The van der Waals surface area contributed by atoms with E-state index in [1.165, 1.54) is 18.2 Å². The number of rotatable bonds is 1. The highest BCUT2D eigenvalue weighted by molar-refractivity contribution is 6.30. The molecule has 70 valence electrons. The van der Waals surface area contributed by atoms with E-state index in [0.29, 0.717) is 11.3 Å². The molecule has 0 N–H and O–H groups in total. The largest absolute Gasteiger partial charge is 0.289 e. The van der Waals surface area contributed by atoms with E-state index in [-0.39, 0.29) is 11.3 Å². The van der Waals surface area contributed by atoms with E-state index >= 15 is 0 Å². The van der Waals surface area contributed by atoms with Gasteiger partial charge in [-0.2, -0.15) is 0 Å². The Kier molecular flexibility index (Phi) is 3.21. The van der Waals surface area contributed by atoms with Crippen molar-refractivity contribution >= 4 is 23.6 Å². The maximum Gasteiger partial charge on any atom is 0.285 e. The van der Waals surface area contributed by atoms with Gasteiger partial charge < -0.3 is 0 Å². The third-order valence-electron chi connectivity index (χ3n) is 1.42. The van der Waals surface area contributed by atoms with Gasteiger partial charge in [-0.1, -0.05) is 17.5 Å². The standard InChI is InChI=1S/C9H4ClNO3/c10-8-3-4-9(11(13)14)7(6-8)2-1-5-12/h3-6H. The van der Waals surface area contributed by atoms with Crippen LogP contribution in [0.15, 0.2) is 18.2 Å². The van der Waals surface area contributed by atoms with E-state index in [9.17, 15) is 14.9 Å². The molecule has 4 nitrogen and oxygen atoms in total. The number of benzene rings is 1. The zero-order valence-corrected chi connectivity index (χ0v) is 7.62. The first-order valence-corrected chi connectivity index (χ1v) is 3.92. The first-order valence-electron chi connectivity index (χ1n) is 3.54. The van der Waals surface area contributed by atoms with Crippen molar-refractivity contribution in [3.8, 4) is 11.8 Å². The van der Waals surface area contributed by atoms with Gasteiger partial charge in [0.05, 0.1) is 4.92 Å². The van der Waals surface area contributed by atoms with Gasteiger partial charge in [0.1, 0.15) is 5.56 Å². The lowest BCUT2D eigenvalue weighted by atomic mass is 10.2. The van der Waals surface area contributed by atoms with Crippen LogP contribution in [0, 0.1) is 22.0 Å². The molecule has 0 aromatic heterocycles. The average molecular weight is 210 g/mol. The third kappa shape index (κ3) is 2.31. The Morgan fingerprint density at radius 3 is 2.79 bits per heavy atom. The number of aldehydes is 1. The van der Waals surface area contributed by atoms with E-state index in [1.54, 1.807) is 0 Å². The quantitative estimate of drug-likeness (QED) is 0.307. The van der Waals surface area contributed by atoms with Crippen LogP contribution in [0.4, 0.5) is 5.69 Å². The maximum absolute atomic E-state index is 10.5. The van der Waals surface area contributed by atoms with Crippen molar-refractivity contribution in [1.29, 1.82) is 0 Å². The molecule has 1 aromatic carbocycles. The number of nitrogens with zero attached hydrogens (tertiary/aromatic N) is 1. The molecular formula is C9H4ClNO3. The summed E-state index contributed by atoms with van der Waals surface area (Å²) in [5.74, 6) is 4.43. The molecule has 0 atom stereocenters. The van der Waals surface area contributed by atoms with Crippen molar-refractivity contribution in [2.45, 2.75) is 0 Å². The third-order valence-corrected chi connectivity index (χ3v) is 1.66. The zero-order valence-electron chi connectivity index (χ0n) is 6.86. The zero-order chi connectivity index (χ0) is 10.6. The topological polar surface area (TPSA) is 60.2 Å². The van der Waals surface area contributed by atoms with Gasteiger partial charge >= 0.3 is 0 Å². The minimum absolute atomic E-state index is 0.134. The van der Waals surface area contributed by atoms with Crippen LogP contribution in [-0.2, 0) is 4.79 Å². The van der Waals surface area contributed by atoms with Crippen molar-refractivity contribution in [3.63, 3.8) is 0 Å². The van der Waals surface area contributed by atoms with Crippen molar-refractivity contribution in [2.24, 2.45) is 0 Å². The van der Waals surface area contributed by atoms with Crippen molar-refractivity contribution in [1.82, 2.24) is 0 Å². The molecule has 1 rings (SSSR count). The van der Waals surface area contributed by atoms with E-state index in [2.05, 4.69) is 11.8 Å². The van der Waals surface area contributed by atoms with Crippen molar-refractivity contribution in [3.05, 3.63) is 38.9 Å². The molecule has 0 fully saturated rings. The van der Waals surface area contributed by atoms with Gasteiger partial charge in [0.2, 0.25) is 0 Å². The summed E-state index contributed by atoms with van der Waals surface area (Å²) in [5.41, 5.74) is -0.0293. The minimum atomic E-state index is -0.578. The van der Waals surface area contributed by atoms with Crippen LogP contribution in [0.25, 0.3) is 0 Å². The number of halogens is 1. The maximum atomic E-state index is 10.5. The SMILES string of the molecule is O=CC#Cc1cc(Cl)ccc1[N+](=O)[O-]. The van der Waals surface area contributed by atoms with Crippen LogP contribution in [0.1, 0.15) is 5.56 Å². The van der Waals surface area contributed by atoms with Crippen LogP contribution < -0.4 is 0 Å². The predicted octanol–water partition coefficient (Wildman–Crippen LogP) is 1.80. The van der Waals surface area contributed by atoms with Gasteiger partial charge in [0, 0.05) is 11.1 Å². The predicted molar refractivity (Wildman–Crippen MR) is 51.0 cm³/mol. The summed E-state index contributed by atoms with van der Waals surface area (Å²) in [6.07, 6.45) is 0.366. The number of hydrogen-bond acceptors (Lipinski definition) is 3. The van der Waals surface area contributed by atoms with Crippen LogP contribution in [0.3, 0.4) is 0 Å². The Morgan fingerprint density at radius 1 is 1.50 bits per heavy atom. The van der Waals surface area contributed by atoms with Gasteiger partial charge in [0.25, 0.3) is 5.69 Å². The molecule has 0 saturated heterocycles. The summed E-state index contributed by atoms with van der Waals surface area (Å²) in [6.45, 7) is 0. The molecule has 0 aliphatic carbocycles. The summed E-state index contributed by atoms with van der Waals surface area (Å²) in [4.78, 5) is 19.9. The van der Waals surface area contributed by atoms with Crippen molar-refractivity contribution < 1.29 is 9.72 Å². The van der Waals surface area contributed by atoms with E-state index in [1.807, 2.05) is 0 Å². The van der Waals surface area contributed by atoms with Crippen molar-refractivity contribution in [2.75, 3.05) is 0 Å². The van der Waals surface area contributed by atoms with Gasteiger partial charge in [-0.25, -0.2) is 0 Å². The molecular weight excluding hydrogens is 206 g/mol. The fraction of sp³-hybridized carbons (Fsp3) is 0. The highest BCUT2D eigenvalue weighted by atomic mass is 35.5. The Balaban J connectivity index is 3.29. The van der Waals surface area contributed by atoms with Gasteiger partial charge in [0.15, 0.2) is 6.29 Å². The Morgan fingerprint density at radius 2 is 2.21 bits per heavy atom. The highest BCUT2D eigenvalue weighted by Crippen LogP contribution is 2.21. The van der Waals surface area contributed by atoms with Gasteiger partial charge in [-0.3, -0.25) is 14.9 Å². The molecule has 0 heterocycles. The van der Waals surface area contributed by atoms with E-state index in [4.69, 9.17) is 11.6 Å². The molecule has 0 spiro atoms. The first-order chi connectivity index (χ1) is 6.65. The van der Waals surface area contributed by atoms with E-state index in [0.717, 1.165) is 0 Å². The molecule has 0 aliphatic heterocycles. The second-order valence-electron chi connectivity index (χ2n) is 2.31. The smallest absolute Gasteiger partial charge is 0.285 e. The Hall–Kier alpha value is -1.86. The molecule has 0 radical (unpaired) electrons. The molecule has 0 saturated carbocycles. The first kappa shape index (κ1) is 10.2. The van der Waals surface area contributed by atoms with Crippen LogP contribution >= 0.6 is 11.6 Å². The van der Waals surface area contributed by atoms with Gasteiger partial charge in [-0.05, 0) is 18.1 Å². The second-order valence-corrected chi connectivity index (χ2v) is 2.74.